The standard InChI is InChI=1S/C17H19Cl2N3/c18-16-3-1-2-14(10-16)12-21-6-8-22(9-7-21)13-15-4-5-17(19)20-11-15/h1-5,10-11H,6-9,12-13H2. The highest BCUT2D eigenvalue weighted by molar-refractivity contribution is 6.30. The van der Waals surface area contributed by atoms with Crippen molar-refractivity contribution in [2.45, 2.75) is 13.1 Å². The number of halogens is 2. The van der Waals surface area contributed by atoms with Crippen molar-refractivity contribution in [1.29, 1.82) is 0 Å². The first-order valence-electron chi connectivity index (χ1n) is 7.48. The van der Waals surface area contributed by atoms with Crippen LogP contribution >= 0.6 is 23.2 Å². The molecule has 116 valence electrons. The van der Waals surface area contributed by atoms with Crippen molar-refractivity contribution in [1.82, 2.24) is 14.8 Å². The fraction of sp³-hybridized carbons (Fsp3) is 0.353. The van der Waals surface area contributed by atoms with Crippen LogP contribution < -0.4 is 0 Å². The van der Waals surface area contributed by atoms with Gasteiger partial charge in [0.25, 0.3) is 0 Å². The number of aromatic nitrogens is 1. The second kappa shape index (κ2) is 7.42. The lowest BCUT2D eigenvalue weighted by atomic mass is 10.2. The Morgan fingerprint density at radius 1 is 0.864 bits per heavy atom. The highest BCUT2D eigenvalue weighted by Crippen LogP contribution is 2.15. The van der Waals surface area contributed by atoms with E-state index in [0.29, 0.717) is 5.15 Å². The number of hydrogen-bond donors (Lipinski definition) is 0. The lowest BCUT2D eigenvalue weighted by Gasteiger charge is -2.34. The molecule has 0 spiro atoms. The highest BCUT2D eigenvalue weighted by Gasteiger charge is 2.17. The van der Waals surface area contributed by atoms with Gasteiger partial charge in [-0.3, -0.25) is 9.80 Å². The lowest BCUT2D eigenvalue weighted by molar-refractivity contribution is 0.122. The van der Waals surface area contributed by atoms with E-state index in [1.807, 2.05) is 36.5 Å². The van der Waals surface area contributed by atoms with Gasteiger partial charge in [0.2, 0.25) is 0 Å². The summed E-state index contributed by atoms with van der Waals surface area (Å²) >= 11 is 11.9. The van der Waals surface area contributed by atoms with Crippen molar-refractivity contribution in [2.24, 2.45) is 0 Å². The molecule has 2 aromatic rings. The largest absolute Gasteiger partial charge is 0.297 e. The quantitative estimate of drug-likeness (QED) is 0.794. The van der Waals surface area contributed by atoms with Gasteiger partial charge in [-0.25, -0.2) is 4.98 Å². The van der Waals surface area contributed by atoms with Gasteiger partial charge in [-0.1, -0.05) is 41.4 Å². The summed E-state index contributed by atoms with van der Waals surface area (Å²) in [6.45, 7) is 6.21. The number of hydrogen-bond acceptors (Lipinski definition) is 3. The Kier molecular flexibility index (Phi) is 5.32. The first-order chi connectivity index (χ1) is 10.7. The van der Waals surface area contributed by atoms with E-state index >= 15 is 0 Å². The Hall–Kier alpha value is -1.13. The van der Waals surface area contributed by atoms with Crippen LogP contribution in [0.2, 0.25) is 10.2 Å². The van der Waals surface area contributed by atoms with Gasteiger partial charge in [-0.05, 0) is 29.3 Å². The van der Waals surface area contributed by atoms with Gasteiger partial charge in [-0.15, -0.1) is 0 Å². The van der Waals surface area contributed by atoms with Crippen molar-refractivity contribution in [3.8, 4) is 0 Å². The van der Waals surface area contributed by atoms with Crippen LogP contribution in [0.15, 0.2) is 42.6 Å². The van der Waals surface area contributed by atoms with Crippen LogP contribution in [0.3, 0.4) is 0 Å². The molecule has 0 bridgehead atoms. The summed E-state index contributed by atoms with van der Waals surface area (Å²) in [6, 6.07) is 12.0. The summed E-state index contributed by atoms with van der Waals surface area (Å²) in [5.41, 5.74) is 2.50. The molecule has 1 aromatic heterocycles. The molecular formula is C17H19Cl2N3. The van der Waals surface area contributed by atoms with Crippen molar-refractivity contribution in [3.05, 3.63) is 63.9 Å². The fourth-order valence-corrected chi connectivity index (χ4v) is 3.08. The zero-order chi connectivity index (χ0) is 15.4. The van der Waals surface area contributed by atoms with Gasteiger partial charge in [0, 0.05) is 50.5 Å². The molecule has 0 amide bonds. The van der Waals surface area contributed by atoms with Crippen LogP contribution in [0.5, 0.6) is 0 Å². The molecule has 1 aliphatic rings. The summed E-state index contributed by atoms with van der Waals surface area (Å²) in [7, 11) is 0. The zero-order valence-electron chi connectivity index (χ0n) is 12.4. The molecule has 22 heavy (non-hydrogen) atoms. The first-order valence-corrected chi connectivity index (χ1v) is 8.24. The summed E-state index contributed by atoms with van der Waals surface area (Å²) < 4.78 is 0. The van der Waals surface area contributed by atoms with E-state index in [1.54, 1.807) is 0 Å². The third-order valence-electron chi connectivity index (χ3n) is 3.95. The van der Waals surface area contributed by atoms with E-state index in [0.717, 1.165) is 44.3 Å². The molecule has 1 aromatic carbocycles. The molecular weight excluding hydrogens is 317 g/mol. The Balaban J connectivity index is 1.49. The molecule has 0 aliphatic carbocycles. The minimum atomic E-state index is 0.551. The molecule has 2 heterocycles. The van der Waals surface area contributed by atoms with E-state index in [2.05, 4.69) is 20.9 Å². The van der Waals surface area contributed by atoms with Crippen LogP contribution in [0.1, 0.15) is 11.1 Å². The van der Waals surface area contributed by atoms with Crippen LogP contribution in [-0.4, -0.2) is 41.0 Å². The van der Waals surface area contributed by atoms with E-state index in [9.17, 15) is 0 Å². The molecule has 0 unspecified atom stereocenters. The second-order valence-electron chi connectivity index (χ2n) is 5.67. The Labute approximate surface area is 141 Å². The molecule has 5 heteroatoms. The first kappa shape index (κ1) is 15.8. The van der Waals surface area contributed by atoms with E-state index in [-0.39, 0.29) is 0 Å². The lowest BCUT2D eigenvalue weighted by Crippen LogP contribution is -2.45. The van der Waals surface area contributed by atoms with E-state index in [4.69, 9.17) is 23.2 Å². The van der Waals surface area contributed by atoms with E-state index < -0.39 is 0 Å². The second-order valence-corrected chi connectivity index (χ2v) is 6.50. The highest BCUT2D eigenvalue weighted by atomic mass is 35.5. The van der Waals surface area contributed by atoms with Crippen molar-refractivity contribution < 1.29 is 0 Å². The maximum Gasteiger partial charge on any atom is 0.129 e. The van der Waals surface area contributed by atoms with Crippen LogP contribution in [0.25, 0.3) is 0 Å². The Morgan fingerprint density at radius 2 is 1.55 bits per heavy atom. The van der Waals surface area contributed by atoms with Gasteiger partial charge in [0.05, 0.1) is 0 Å². The molecule has 3 nitrogen and oxygen atoms in total. The normalized spacial score (nSPS) is 16.8. The molecule has 0 saturated carbocycles. The number of rotatable bonds is 4. The number of nitrogens with zero attached hydrogens (tertiary/aromatic N) is 3. The van der Waals surface area contributed by atoms with Crippen LogP contribution in [0, 0.1) is 0 Å². The third kappa shape index (κ3) is 4.43. The van der Waals surface area contributed by atoms with Gasteiger partial charge in [-0.2, -0.15) is 0 Å². The van der Waals surface area contributed by atoms with Crippen molar-refractivity contribution >= 4 is 23.2 Å². The predicted octanol–water partition coefficient (Wildman–Crippen LogP) is 3.71. The molecule has 1 fully saturated rings. The van der Waals surface area contributed by atoms with Crippen LogP contribution in [0.4, 0.5) is 0 Å². The average Bonchev–Trinajstić information content (AvgIpc) is 2.52. The monoisotopic (exact) mass is 335 g/mol. The molecule has 0 atom stereocenters. The average molecular weight is 336 g/mol. The number of piperazine rings is 1. The fourth-order valence-electron chi connectivity index (χ4n) is 2.76. The van der Waals surface area contributed by atoms with Crippen molar-refractivity contribution in [2.75, 3.05) is 26.2 Å². The molecule has 0 radical (unpaired) electrons. The third-order valence-corrected chi connectivity index (χ3v) is 4.41. The Morgan fingerprint density at radius 3 is 2.14 bits per heavy atom. The van der Waals surface area contributed by atoms with Gasteiger partial charge in [0.1, 0.15) is 5.15 Å². The molecule has 3 rings (SSSR count). The van der Waals surface area contributed by atoms with Gasteiger partial charge >= 0.3 is 0 Å². The smallest absolute Gasteiger partial charge is 0.129 e. The minimum absolute atomic E-state index is 0.551. The molecule has 0 N–H and O–H groups in total. The zero-order valence-corrected chi connectivity index (χ0v) is 13.9. The summed E-state index contributed by atoms with van der Waals surface area (Å²) in [6.07, 6.45) is 1.86. The van der Waals surface area contributed by atoms with Gasteiger partial charge in [0.15, 0.2) is 0 Å². The number of pyridine rings is 1. The Bertz CT molecular complexity index is 608. The topological polar surface area (TPSA) is 19.4 Å². The minimum Gasteiger partial charge on any atom is -0.297 e. The van der Waals surface area contributed by atoms with E-state index in [1.165, 1.54) is 11.1 Å². The maximum absolute atomic E-state index is 6.05. The predicted molar refractivity (Wildman–Crippen MR) is 91.3 cm³/mol. The number of benzene rings is 1. The maximum atomic E-state index is 6.05. The van der Waals surface area contributed by atoms with Crippen molar-refractivity contribution in [3.63, 3.8) is 0 Å². The molecule has 1 aliphatic heterocycles. The molecule has 1 saturated heterocycles. The van der Waals surface area contributed by atoms with Gasteiger partial charge < -0.3 is 0 Å². The summed E-state index contributed by atoms with van der Waals surface area (Å²) in [4.78, 5) is 9.07. The van der Waals surface area contributed by atoms with Crippen LogP contribution in [-0.2, 0) is 13.1 Å². The SMILES string of the molecule is Clc1cccc(CN2CCN(Cc3ccc(Cl)nc3)CC2)c1. The summed E-state index contributed by atoms with van der Waals surface area (Å²) in [5, 5.41) is 1.36. The summed E-state index contributed by atoms with van der Waals surface area (Å²) in [5.74, 6) is 0.